The van der Waals surface area contributed by atoms with Crippen LogP contribution >= 0.6 is 23.2 Å². The second-order valence-electron chi connectivity index (χ2n) is 3.13. The molecular formula is C8H7Cl2N5O. The van der Waals surface area contributed by atoms with Crippen LogP contribution in [0.5, 0.6) is 0 Å². The zero-order chi connectivity index (χ0) is 11.5. The lowest BCUT2D eigenvalue weighted by Gasteiger charge is -2.30. The SMILES string of the molecule is N#CC1CN(c2nc(Cl)nnc2Cl)CCO1. The van der Waals surface area contributed by atoms with Gasteiger partial charge in [0, 0.05) is 6.54 Å². The predicted octanol–water partition coefficient (Wildman–Crippen LogP) is 0.907. The number of anilines is 1. The quantitative estimate of drug-likeness (QED) is 0.747. The summed E-state index contributed by atoms with van der Waals surface area (Å²) in [7, 11) is 0. The van der Waals surface area contributed by atoms with Crippen molar-refractivity contribution in [2.24, 2.45) is 0 Å². The van der Waals surface area contributed by atoms with Crippen molar-refractivity contribution in [2.75, 3.05) is 24.6 Å². The maximum Gasteiger partial charge on any atom is 0.245 e. The zero-order valence-electron chi connectivity index (χ0n) is 8.10. The molecule has 0 aromatic carbocycles. The van der Waals surface area contributed by atoms with Gasteiger partial charge in [0.25, 0.3) is 0 Å². The van der Waals surface area contributed by atoms with Crippen LogP contribution in [0, 0.1) is 11.3 Å². The molecule has 2 rings (SSSR count). The molecule has 1 aliphatic rings. The van der Waals surface area contributed by atoms with E-state index in [9.17, 15) is 0 Å². The molecule has 1 unspecified atom stereocenters. The van der Waals surface area contributed by atoms with E-state index >= 15 is 0 Å². The lowest BCUT2D eigenvalue weighted by atomic mass is 10.3. The van der Waals surface area contributed by atoms with Crippen molar-refractivity contribution in [2.45, 2.75) is 6.10 Å². The van der Waals surface area contributed by atoms with Crippen LogP contribution in [0.3, 0.4) is 0 Å². The van der Waals surface area contributed by atoms with Gasteiger partial charge in [-0.05, 0) is 11.6 Å². The summed E-state index contributed by atoms with van der Waals surface area (Å²) in [5.41, 5.74) is 0. The van der Waals surface area contributed by atoms with Crippen LogP contribution in [0.15, 0.2) is 0 Å². The van der Waals surface area contributed by atoms with Crippen molar-refractivity contribution in [3.8, 4) is 6.07 Å². The molecule has 84 valence electrons. The van der Waals surface area contributed by atoms with Gasteiger partial charge in [0.1, 0.15) is 0 Å². The third-order valence-electron chi connectivity index (χ3n) is 2.11. The molecule has 0 bridgehead atoms. The molecule has 1 aromatic heterocycles. The first kappa shape index (κ1) is 11.3. The third kappa shape index (κ3) is 2.32. The average molecular weight is 260 g/mol. The molecule has 0 spiro atoms. The van der Waals surface area contributed by atoms with E-state index in [1.54, 1.807) is 4.90 Å². The lowest BCUT2D eigenvalue weighted by Crippen LogP contribution is -2.42. The fourth-order valence-corrected chi connectivity index (χ4v) is 1.72. The molecule has 2 heterocycles. The van der Waals surface area contributed by atoms with Crippen LogP contribution in [0.2, 0.25) is 10.4 Å². The lowest BCUT2D eigenvalue weighted by molar-refractivity contribution is 0.0761. The highest BCUT2D eigenvalue weighted by Crippen LogP contribution is 2.23. The maximum atomic E-state index is 8.77. The highest BCUT2D eigenvalue weighted by atomic mass is 35.5. The third-order valence-corrected chi connectivity index (χ3v) is 2.52. The van der Waals surface area contributed by atoms with Crippen LogP contribution in [-0.2, 0) is 4.74 Å². The molecule has 0 aliphatic carbocycles. The van der Waals surface area contributed by atoms with Gasteiger partial charge < -0.3 is 9.64 Å². The van der Waals surface area contributed by atoms with Crippen molar-refractivity contribution in [1.82, 2.24) is 15.2 Å². The number of rotatable bonds is 1. The largest absolute Gasteiger partial charge is 0.360 e. The van der Waals surface area contributed by atoms with Crippen molar-refractivity contribution in [1.29, 1.82) is 5.26 Å². The molecule has 0 N–H and O–H groups in total. The number of morpholine rings is 1. The van der Waals surface area contributed by atoms with Crippen LogP contribution in [0.1, 0.15) is 0 Å². The Hall–Kier alpha value is -1.16. The Morgan fingerprint density at radius 2 is 2.25 bits per heavy atom. The summed E-state index contributed by atoms with van der Waals surface area (Å²) in [6.45, 7) is 1.42. The van der Waals surface area contributed by atoms with E-state index in [-0.39, 0.29) is 10.4 Å². The highest BCUT2D eigenvalue weighted by Gasteiger charge is 2.23. The minimum atomic E-state index is -0.487. The Kier molecular flexibility index (Phi) is 3.39. The van der Waals surface area contributed by atoms with Gasteiger partial charge >= 0.3 is 0 Å². The van der Waals surface area contributed by atoms with E-state index < -0.39 is 6.10 Å². The van der Waals surface area contributed by atoms with Gasteiger partial charge in [-0.3, -0.25) is 0 Å². The Balaban J connectivity index is 2.23. The Morgan fingerprint density at radius 1 is 1.44 bits per heavy atom. The van der Waals surface area contributed by atoms with E-state index in [1.165, 1.54) is 0 Å². The molecule has 1 atom stereocenters. The molecule has 1 aromatic rings. The van der Waals surface area contributed by atoms with E-state index in [2.05, 4.69) is 15.2 Å². The summed E-state index contributed by atoms with van der Waals surface area (Å²) in [5.74, 6) is 0.435. The van der Waals surface area contributed by atoms with Gasteiger partial charge in [-0.15, -0.1) is 10.2 Å². The summed E-state index contributed by atoms with van der Waals surface area (Å²) < 4.78 is 5.21. The molecule has 0 amide bonds. The Labute approximate surface area is 102 Å². The summed E-state index contributed by atoms with van der Waals surface area (Å²) >= 11 is 11.5. The topological polar surface area (TPSA) is 74.9 Å². The van der Waals surface area contributed by atoms with Crippen molar-refractivity contribution in [3.05, 3.63) is 10.4 Å². The van der Waals surface area contributed by atoms with Crippen LogP contribution < -0.4 is 4.90 Å². The van der Waals surface area contributed by atoms with Gasteiger partial charge in [0.2, 0.25) is 5.28 Å². The maximum absolute atomic E-state index is 8.77. The van der Waals surface area contributed by atoms with Gasteiger partial charge in [0.15, 0.2) is 17.1 Å². The normalized spacial score (nSPS) is 20.6. The summed E-state index contributed by atoms with van der Waals surface area (Å²) in [5, 5.41) is 16.2. The van der Waals surface area contributed by atoms with Gasteiger partial charge in [-0.25, -0.2) is 0 Å². The number of halogens is 2. The minimum absolute atomic E-state index is 0.0272. The second-order valence-corrected chi connectivity index (χ2v) is 3.83. The number of aromatic nitrogens is 3. The van der Waals surface area contributed by atoms with E-state index in [0.717, 1.165) is 0 Å². The molecule has 1 saturated heterocycles. The summed E-state index contributed by atoms with van der Waals surface area (Å²) in [6.07, 6.45) is -0.487. The van der Waals surface area contributed by atoms with Gasteiger partial charge in [-0.1, -0.05) is 11.6 Å². The number of nitrogens with zero attached hydrogens (tertiary/aromatic N) is 5. The molecule has 0 saturated carbocycles. The van der Waals surface area contributed by atoms with Crippen LogP contribution in [-0.4, -0.2) is 41.0 Å². The number of ether oxygens (including phenoxy) is 1. The first-order valence-electron chi connectivity index (χ1n) is 4.52. The molecule has 1 fully saturated rings. The fourth-order valence-electron chi connectivity index (χ4n) is 1.41. The van der Waals surface area contributed by atoms with E-state index in [4.69, 9.17) is 33.2 Å². The molecule has 0 radical (unpaired) electrons. The average Bonchev–Trinajstić information content (AvgIpc) is 2.32. The summed E-state index contributed by atoms with van der Waals surface area (Å²) in [4.78, 5) is 5.79. The smallest absolute Gasteiger partial charge is 0.245 e. The number of hydrogen-bond acceptors (Lipinski definition) is 6. The molecule has 1 aliphatic heterocycles. The summed E-state index contributed by atoms with van der Waals surface area (Å²) in [6, 6.07) is 2.03. The minimum Gasteiger partial charge on any atom is -0.360 e. The molecule has 16 heavy (non-hydrogen) atoms. The standard InChI is InChI=1S/C8H7Cl2N5O/c9-6-7(12-8(10)14-13-6)15-1-2-16-5(3-11)4-15/h5H,1-2,4H2. The van der Waals surface area contributed by atoms with Crippen molar-refractivity contribution in [3.63, 3.8) is 0 Å². The molecular weight excluding hydrogens is 253 g/mol. The molecule has 6 nitrogen and oxygen atoms in total. The Bertz CT molecular complexity index is 435. The zero-order valence-corrected chi connectivity index (χ0v) is 9.61. The number of hydrogen-bond donors (Lipinski definition) is 0. The highest BCUT2D eigenvalue weighted by molar-refractivity contribution is 6.32. The van der Waals surface area contributed by atoms with Gasteiger partial charge in [-0.2, -0.15) is 10.2 Å². The number of nitriles is 1. The predicted molar refractivity (Wildman–Crippen MR) is 57.4 cm³/mol. The van der Waals surface area contributed by atoms with E-state index in [1.807, 2.05) is 6.07 Å². The first-order valence-corrected chi connectivity index (χ1v) is 5.28. The van der Waals surface area contributed by atoms with E-state index in [0.29, 0.717) is 25.5 Å². The van der Waals surface area contributed by atoms with Crippen molar-refractivity contribution >= 4 is 29.0 Å². The molecule has 8 heteroatoms. The van der Waals surface area contributed by atoms with Gasteiger partial charge in [0.05, 0.1) is 19.2 Å². The second kappa shape index (κ2) is 4.78. The monoisotopic (exact) mass is 259 g/mol. The first-order chi connectivity index (χ1) is 7.70. The fraction of sp³-hybridized carbons (Fsp3) is 0.500. The van der Waals surface area contributed by atoms with Crippen LogP contribution in [0.4, 0.5) is 5.82 Å². The van der Waals surface area contributed by atoms with Crippen LogP contribution in [0.25, 0.3) is 0 Å². The van der Waals surface area contributed by atoms with Crippen molar-refractivity contribution < 1.29 is 4.74 Å². The Morgan fingerprint density at radius 3 is 3.00 bits per heavy atom.